The van der Waals surface area contributed by atoms with Crippen LogP contribution in [0.2, 0.25) is 6.04 Å². The first-order valence-corrected chi connectivity index (χ1v) is 15.2. The van der Waals surface area contributed by atoms with E-state index >= 15 is 0 Å². The minimum atomic E-state index is -0.655. The van der Waals surface area contributed by atoms with Gasteiger partial charge in [0.2, 0.25) is 21.5 Å². The molecule has 2 rings (SSSR count). The molecule has 2 aromatic rings. The summed E-state index contributed by atoms with van der Waals surface area (Å²) in [6.07, 6.45) is 19.5. The Hall–Kier alpha value is -1.95. The van der Waals surface area contributed by atoms with Crippen LogP contribution in [0.15, 0.2) is 30.7 Å². The Kier molecular flexibility index (Phi) is 14.5. The molecule has 2 aromatic heterocycles. The summed E-state index contributed by atoms with van der Waals surface area (Å²) in [5.41, 5.74) is 1.72. The van der Waals surface area contributed by atoms with Gasteiger partial charge < -0.3 is 9.16 Å². The second-order valence-corrected chi connectivity index (χ2v) is 11.1. The summed E-state index contributed by atoms with van der Waals surface area (Å²) in [5.74, 6) is 2.87. The maximum absolute atomic E-state index is 6.05. The first-order chi connectivity index (χ1) is 16.6. The van der Waals surface area contributed by atoms with Crippen LogP contribution in [0.4, 0.5) is 0 Å². The van der Waals surface area contributed by atoms with Crippen LogP contribution in [0.3, 0.4) is 0 Å². The standard InChI is InChI=1S/C28H47N3O2Si/c1-5-7-9-10-11-12-18-32-27-17-16-25(19-30-27)26-20-29-21-28(31-26)33-34-22-24(4)15-14-23(3)13-8-6-2/h16-17,19-21,23-24H,5-15,18,22,34H2,1-4H3. The third kappa shape index (κ3) is 12.0. The van der Waals surface area contributed by atoms with Crippen molar-refractivity contribution in [3.8, 4) is 23.0 Å². The molecular formula is C28H47N3O2Si. The molecule has 190 valence electrons. The summed E-state index contributed by atoms with van der Waals surface area (Å²) in [6, 6.07) is 5.09. The number of hydrogen-bond acceptors (Lipinski definition) is 5. The van der Waals surface area contributed by atoms with Crippen molar-refractivity contribution < 1.29 is 9.16 Å². The molecule has 0 aromatic carbocycles. The number of nitrogens with zero attached hydrogens (tertiary/aromatic N) is 3. The highest BCUT2D eigenvalue weighted by Crippen LogP contribution is 2.22. The van der Waals surface area contributed by atoms with Gasteiger partial charge in [-0.05, 0) is 30.4 Å². The quantitative estimate of drug-likeness (QED) is 0.153. The summed E-state index contributed by atoms with van der Waals surface area (Å²) in [5, 5.41) is 0. The van der Waals surface area contributed by atoms with E-state index < -0.39 is 9.76 Å². The largest absolute Gasteiger partial charge is 0.535 e. The van der Waals surface area contributed by atoms with Gasteiger partial charge in [0.1, 0.15) is 0 Å². The van der Waals surface area contributed by atoms with Gasteiger partial charge in [0.05, 0.1) is 24.7 Å². The highest BCUT2D eigenvalue weighted by molar-refractivity contribution is 6.28. The van der Waals surface area contributed by atoms with Crippen LogP contribution >= 0.6 is 0 Å². The lowest BCUT2D eigenvalue weighted by Gasteiger charge is -2.15. The van der Waals surface area contributed by atoms with E-state index in [0.29, 0.717) is 11.8 Å². The lowest BCUT2D eigenvalue weighted by atomic mass is 9.95. The molecule has 2 heterocycles. The summed E-state index contributed by atoms with van der Waals surface area (Å²) >= 11 is 0. The summed E-state index contributed by atoms with van der Waals surface area (Å²) in [7, 11) is -0.655. The molecule has 0 bridgehead atoms. The highest BCUT2D eigenvalue weighted by Gasteiger charge is 2.09. The first-order valence-electron chi connectivity index (χ1n) is 13.7. The van der Waals surface area contributed by atoms with E-state index in [1.165, 1.54) is 70.3 Å². The van der Waals surface area contributed by atoms with Crippen LogP contribution in [0.25, 0.3) is 11.3 Å². The molecule has 34 heavy (non-hydrogen) atoms. The summed E-state index contributed by atoms with van der Waals surface area (Å²) < 4.78 is 11.8. The Morgan fingerprint density at radius 2 is 1.56 bits per heavy atom. The van der Waals surface area contributed by atoms with Crippen molar-refractivity contribution in [2.45, 2.75) is 104 Å². The van der Waals surface area contributed by atoms with Gasteiger partial charge in [-0.3, -0.25) is 4.98 Å². The van der Waals surface area contributed by atoms with Crippen LogP contribution < -0.4 is 9.16 Å². The monoisotopic (exact) mass is 485 g/mol. The van der Waals surface area contributed by atoms with E-state index in [9.17, 15) is 0 Å². The third-order valence-corrected chi connectivity index (χ3v) is 8.18. The van der Waals surface area contributed by atoms with Crippen LogP contribution in [0, 0.1) is 11.8 Å². The lowest BCUT2D eigenvalue weighted by Crippen LogP contribution is -2.09. The molecule has 0 radical (unpaired) electrons. The molecule has 0 aliphatic carbocycles. The Balaban J connectivity index is 1.71. The lowest BCUT2D eigenvalue weighted by molar-refractivity contribution is 0.293. The van der Waals surface area contributed by atoms with E-state index in [-0.39, 0.29) is 0 Å². The maximum atomic E-state index is 6.05. The molecule has 0 aliphatic heterocycles. The van der Waals surface area contributed by atoms with Gasteiger partial charge in [-0.2, -0.15) is 0 Å². The van der Waals surface area contributed by atoms with Gasteiger partial charge in [-0.15, -0.1) is 0 Å². The smallest absolute Gasteiger partial charge is 0.221 e. The Bertz CT molecular complexity index is 773. The predicted molar refractivity (Wildman–Crippen MR) is 145 cm³/mol. The molecule has 0 amide bonds. The van der Waals surface area contributed by atoms with Gasteiger partial charge in [-0.25, -0.2) is 9.97 Å². The van der Waals surface area contributed by atoms with Crippen molar-refractivity contribution in [1.82, 2.24) is 15.0 Å². The van der Waals surface area contributed by atoms with Crippen LogP contribution in [-0.2, 0) is 0 Å². The molecule has 0 spiro atoms. The number of aromatic nitrogens is 3. The summed E-state index contributed by atoms with van der Waals surface area (Å²) in [6.45, 7) is 9.98. The molecule has 5 nitrogen and oxygen atoms in total. The van der Waals surface area contributed by atoms with Crippen LogP contribution in [0.1, 0.15) is 98.3 Å². The van der Waals surface area contributed by atoms with Gasteiger partial charge in [0, 0.05) is 17.8 Å². The SMILES string of the molecule is CCCCCCCCOc1ccc(-c2cncc(O[SiH2]CC(C)CCC(C)CCCC)n2)cn1. The Labute approximate surface area is 210 Å². The number of pyridine rings is 1. The van der Waals surface area contributed by atoms with E-state index in [2.05, 4.69) is 42.6 Å². The molecule has 0 saturated carbocycles. The van der Waals surface area contributed by atoms with Crippen LogP contribution in [-0.4, -0.2) is 31.3 Å². The molecule has 2 atom stereocenters. The number of ether oxygens (including phenoxy) is 1. The fourth-order valence-corrected chi connectivity index (χ4v) is 5.17. The van der Waals surface area contributed by atoms with E-state index in [1.807, 2.05) is 18.3 Å². The normalized spacial score (nSPS) is 13.3. The zero-order chi connectivity index (χ0) is 24.4. The fourth-order valence-electron chi connectivity index (χ4n) is 4.01. The topological polar surface area (TPSA) is 57.1 Å². The Morgan fingerprint density at radius 3 is 2.32 bits per heavy atom. The average molecular weight is 486 g/mol. The molecule has 6 heteroatoms. The molecule has 2 unspecified atom stereocenters. The average Bonchev–Trinajstić information content (AvgIpc) is 2.86. The zero-order valence-electron chi connectivity index (χ0n) is 22.1. The molecule has 0 N–H and O–H groups in total. The zero-order valence-corrected chi connectivity index (χ0v) is 23.5. The molecule has 0 aliphatic rings. The van der Waals surface area contributed by atoms with Gasteiger partial charge in [0.25, 0.3) is 0 Å². The van der Waals surface area contributed by atoms with Crippen molar-refractivity contribution in [3.05, 3.63) is 30.7 Å². The van der Waals surface area contributed by atoms with Crippen molar-refractivity contribution in [1.29, 1.82) is 0 Å². The van der Waals surface area contributed by atoms with Gasteiger partial charge in [0.15, 0.2) is 0 Å². The van der Waals surface area contributed by atoms with Crippen molar-refractivity contribution in [3.63, 3.8) is 0 Å². The second-order valence-electron chi connectivity index (χ2n) is 9.81. The van der Waals surface area contributed by atoms with Crippen molar-refractivity contribution in [2.24, 2.45) is 11.8 Å². The van der Waals surface area contributed by atoms with Crippen molar-refractivity contribution >= 4 is 9.76 Å². The number of unbranched alkanes of at least 4 members (excludes halogenated alkanes) is 6. The second kappa shape index (κ2) is 17.5. The predicted octanol–water partition coefficient (Wildman–Crippen LogP) is 7.40. The maximum Gasteiger partial charge on any atom is 0.221 e. The minimum absolute atomic E-state index is 0.635. The first kappa shape index (κ1) is 28.3. The number of hydrogen-bond donors (Lipinski definition) is 0. The minimum Gasteiger partial charge on any atom is -0.535 e. The Morgan fingerprint density at radius 1 is 0.794 bits per heavy atom. The van der Waals surface area contributed by atoms with E-state index in [4.69, 9.17) is 9.16 Å². The fraction of sp³-hybridized carbons (Fsp3) is 0.679. The van der Waals surface area contributed by atoms with E-state index in [0.717, 1.165) is 36.1 Å². The highest BCUT2D eigenvalue weighted by atomic mass is 28.2. The molecule has 0 saturated heterocycles. The van der Waals surface area contributed by atoms with E-state index in [1.54, 1.807) is 12.4 Å². The van der Waals surface area contributed by atoms with Crippen LogP contribution in [0.5, 0.6) is 11.8 Å². The van der Waals surface area contributed by atoms with Gasteiger partial charge >= 0.3 is 0 Å². The number of rotatable bonds is 19. The van der Waals surface area contributed by atoms with Gasteiger partial charge in [-0.1, -0.05) is 91.9 Å². The molecular weight excluding hydrogens is 438 g/mol. The van der Waals surface area contributed by atoms with Crippen molar-refractivity contribution in [2.75, 3.05) is 6.61 Å². The third-order valence-electron chi connectivity index (χ3n) is 6.46. The molecule has 0 fully saturated rings. The summed E-state index contributed by atoms with van der Waals surface area (Å²) in [4.78, 5) is 13.4.